The van der Waals surface area contributed by atoms with Crippen molar-refractivity contribution in [3.63, 3.8) is 0 Å². The van der Waals surface area contributed by atoms with Gasteiger partial charge in [0.2, 0.25) is 5.91 Å². The molecule has 0 aromatic heterocycles. The minimum Gasteiger partial charge on any atom is -0.324 e. The number of carbonyl (C=O) groups excluding carboxylic acids is 3. The predicted molar refractivity (Wildman–Crippen MR) is 113 cm³/mol. The molecule has 0 bridgehead atoms. The van der Waals surface area contributed by atoms with Crippen LogP contribution in [-0.2, 0) is 15.1 Å². The van der Waals surface area contributed by atoms with Gasteiger partial charge in [-0.15, -0.1) is 0 Å². The number of para-hydroxylation sites is 1. The Bertz CT molecular complexity index is 962. The van der Waals surface area contributed by atoms with Crippen LogP contribution in [0.2, 0.25) is 5.02 Å². The van der Waals surface area contributed by atoms with Gasteiger partial charge in [-0.05, 0) is 37.0 Å². The van der Waals surface area contributed by atoms with Gasteiger partial charge in [0.1, 0.15) is 12.1 Å². The highest BCUT2D eigenvalue weighted by atomic mass is 35.5. The number of imide groups is 1. The van der Waals surface area contributed by atoms with Gasteiger partial charge in [0.25, 0.3) is 5.91 Å². The van der Waals surface area contributed by atoms with Gasteiger partial charge < -0.3 is 10.6 Å². The maximum absolute atomic E-state index is 13.0. The van der Waals surface area contributed by atoms with E-state index in [9.17, 15) is 14.4 Å². The van der Waals surface area contributed by atoms with Crippen LogP contribution < -0.4 is 10.6 Å². The Balaban J connectivity index is 1.78. The molecule has 0 radical (unpaired) electrons. The van der Waals surface area contributed by atoms with Crippen LogP contribution in [0.4, 0.5) is 10.5 Å². The monoisotopic (exact) mass is 413 g/mol. The molecular formula is C22H24ClN3O3. The van der Waals surface area contributed by atoms with Crippen LogP contribution in [0.1, 0.15) is 44.2 Å². The lowest BCUT2D eigenvalue weighted by atomic mass is 9.92. The minimum atomic E-state index is -1.32. The highest BCUT2D eigenvalue weighted by Crippen LogP contribution is 2.33. The summed E-state index contributed by atoms with van der Waals surface area (Å²) in [6.45, 7) is 5.37. The molecular weight excluding hydrogens is 390 g/mol. The van der Waals surface area contributed by atoms with Crippen molar-refractivity contribution in [3.05, 3.63) is 64.7 Å². The van der Waals surface area contributed by atoms with Crippen molar-refractivity contribution < 1.29 is 14.4 Å². The molecule has 29 heavy (non-hydrogen) atoms. The summed E-state index contributed by atoms with van der Waals surface area (Å²) >= 11 is 6.23. The van der Waals surface area contributed by atoms with Gasteiger partial charge in [0.15, 0.2) is 0 Å². The summed E-state index contributed by atoms with van der Waals surface area (Å²) in [5, 5.41) is 5.87. The van der Waals surface area contributed by atoms with Gasteiger partial charge in [0, 0.05) is 16.3 Å². The van der Waals surface area contributed by atoms with Crippen molar-refractivity contribution in [1.29, 1.82) is 0 Å². The average Bonchev–Trinajstić information content (AvgIpc) is 2.92. The SMILES string of the molecule is CC[C@@H](C)c1ccccc1NC(=O)CN1C(=O)N[C@@](C)(c2ccccc2Cl)C1=O. The lowest BCUT2D eigenvalue weighted by Crippen LogP contribution is -2.42. The highest BCUT2D eigenvalue weighted by molar-refractivity contribution is 6.32. The molecule has 2 aromatic carbocycles. The fourth-order valence-electron chi connectivity index (χ4n) is 3.48. The number of hydrogen-bond acceptors (Lipinski definition) is 3. The number of carbonyl (C=O) groups is 3. The quantitative estimate of drug-likeness (QED) is 0.694. The van der Waals surface area contributed by atoms with Gasteiger partial charge >= 0.3 is 6.03 Å². The summed E-state index contributed by atoms with van der Waals surface area (Å²) < 4.78 is 0. The Morgan fingerprint density at radius 3 is 2.52 bits per heavy atom. The topological polar surface area (TPSA) is 78.5 Å². The number of nitrogens with zero attached hydrogens (tertiary/aromatic N) is 1. The fourth-order valence-corrected chi connectivity index (χ4v) is 3.81. The molecule has 3 rings (SSSR count). The van der Waals surface area contributed by atoms with Gasteiger partial charge in [-0.1, -0.05) is 61.8 Å². The van der Waals surface area contributed by atoms with E-state index in [0.29, 0.717) is 16.3 Å². The molecule has 1 aliphatic rings. The lowest BCUT2D eigenvalue weighted by Gasteiger charge is -2.23. The van der Waals surface area contributed by atoms with Crippen LogP contribution in [0.25, 0.3) is 0 Å². The van der Waals surface area contributed by atoms with E-state index < -0.39 is 23.4 Å². The predicted octanol–water partition coefficient (Wildman–Crippen LogP) is 4.26. The molecule has 0 aliphatic carbocycles. The van der Waals surface area contributed by atoms with Crippen LogP contribution in [0.15, 0.2) is 48.5 Å². The summed E-state index contributed by atoms with van der Waals surface area (Å²) in [7, 11) is 0. The standard InChI is InChI=1S/C22H24ClN3O3/c1-4-14(2)15-9-5-8-12-18(15)24-19(27)13-26-20(28)22(3,25-21(26)29)16-10-6-7-11-17(16)23/h5-12,14H,4,13H2,1-3H3,(H,24,27)(H,25,29)/t14-,22+/m1/s1. The zero-order valence-corrected chi connectivity index (χ0v) is 17.4. The van der Waals surface area contributed by atoms with E-state index in [4.69, 9.17) is 11.6 Å². The summed E-state index contributed by atoms with van der Waals surface area (Å²) in [5.74, 6) is -0.680. The molecule has 0 spiro atoms. The molecule has 4 amide bonds. The summed E-state index contributed by atoms with van der Waals surface area (Å²) in [4.78, 5) is 39.0. The van der Waals surface area contributed by atoms with Gasteiger partial charge in [0.05, 0.1) is 0 Å². The van der Waals surface area contributed by atoms with Crippen LogP contribution in [-0.4, -0.2) is 29.3 Å². The maximum atomic E-state index is 13.0. The second kappa shape index (κ2) is 8.25. The van der Waals surface area contributed by atoms with Crippen molar-refractivity contribution >= 4 is 35.1 Å². The summed E-state index contributed by atoms with van der Waals surface area (Å²) in [6, 6.07) is 13.7. The molecule has 2 aromatic rings. The van der Waals surface area contributed by atoms with Gasteiger partial charge in [-0.25, -0.2) is 4.79 Å². The Labute approximate surface area is 175 Å². The maximum Gasteiger partial charge on any atom is 0.325 e. The first kappa shape index (κ1) is 20.9. The van der Waals surface area contributed by atoms with E-state index >= 15 is 0 Å². The summed E-state index contributed by atoms with van der Waals surface area (Å²) in [5.41, 5.74) is 0.879. The molecule has 152 valence electrons. The zero-order valence-electron chi connectivity index (χ0n) is 16.7. The van der Waals surface area contributed by atoms with Crippen LogP contribution in [0.3, 0.4) is 0 Å². The number of halogens is 1. The molecule has 1 heterocycles. The Hall–Kier alpha value is -2.86. The Kier molecular flexibility index (Phi) is 5.94. The number of rotatable bonds is 6. The smallest absolute Gasteiger partial charge is 0.324 e. The number of hydrogen-bond donors (Lipinski definition) is 2. The number of urea groups is 1. The zero-order chi connectivity index (χ0) is 21.2. The van der Waals surface area contributed by atoms with Crippen molar-refractivity contribution in [2.24, 2.45) is 0 Å². The fraction of sp³-hybridized carbons (Fsp3) is 0.318. The van der Waals surface area contributed by atoms with E-state index in [1.165, 1.54) is 0 Å². The number of anilines is 1. The lowest BCUT2D eigenvalue weighted by molar-refractivity contribution is -0.133. The third kappa shape index (κ3) is 3.98. The number of benzene rings is 2. The molecule has 0 unspecified atom stereocenters. The largest absolute Gasteiger partial charge is 0.325 e. The average molecular weight is 414 g/mol. The minimum absolute atomic E-state index is 0.270. The third-order valence-electron chi connectivity index (χ3n) is 5.37. The van der Waals surface area contributed by atoms with Gasteiger partial charge in [-0.2, -0.15) is 0 Å². The highest BCUT2D eigenvalue weighted by Gasteiger charge is 2.50. The Morgan fingerprint density at radius 1 is 1.17 bits per heavy atom. The van der Waals surface area contributed by atoms with Crippen molar-refractivity contribution in [3.8, 4) is 0 Å². The van der Waals surface area contributed by atoms with Crippen molar-refractivity contribution in [2.45, 2.75) is 38.6 Å². The first-order valence-electron chi connectivity index (χ1n) is 9.55. The first-order valence-corrected chi connectivity index (χ1v) is 9.93. The Morgan fingerprint density at radius 2 is 1.83 bits per heavy atom. The van der Waals surface area contributed by atoms with E-state index in [1.54, 1.807) is 31.2 Å². The molecule has 1 fully saturated rings. The van der Waals surface area contributed by atoms with E-state index in [-0.39, 0.29) is 12.5 Å². The molecule has 2 N–H and O–H groups in total. The second-order valence-electron chi connectivity index (χ2n) is 7.37. The molecule has 6 nitrogen and oxygen atoms in total. The molecule has 2 atom stereocenters. The third-order valence-corrected chi connectivity index (χ3v) is 5.70. The van der Waals surface area contributed by atoms with E-state index in [1.807, 2.05) is 24.3 Å². The molecule has 7 heteroatoms. The summed E-state index contributed by atoms with van der Waals surface area (Å²) in [6.07, 6.45) is 0.927. The van der Waals surface area contributed by atoms with Gasteiger partial charge in [-0.3, -0.25) is 14.5 Å². The van der Waals surface area contributed by atoms with E-state index in [2.05, 4.69) is 24.5 Å². The van der Waals surface area contributed by atoms with Crippen LogP contribution in [0.5, 0.6) is 0 Å². The van der Waals surface area contributed by atoms with Crippen LogP contribution in [0, 0.1) is 0 Å². The second-order valence-corrected chi connectivity index (χ2v) is 7.78. The van der Waals surface area contributed by atoms with Crippen molar-refractivity contribution in [2.75, 3.05) is 11.9 Å². The number of amides is 4. The normalized spacial score (nSPS) is 19.8. The first-order chi connectivity index (χ1) is 13.8. The number of nitrogens with one attached hydrogen (secondary N) is 2. The molecule has 1 aliphatic heterocycles. The van der Waals surface area contributed by atoms with E-state index in [0.717, 1.165) is 16.9 Å². The van der Waals surface area contributed by atoms with Crippen LogP contribution >= 0.6 is 11.6 Å². The molecule has 0 saturated carbocycles. The van der Waals surface area contributed by atoms with Crippen molar-refractivity contribution in [1.82, 2.24) is 10.2 Å². The molecule has 1 saturated heterocycles.